The maximum Gasteiger partial charge on any atom is 0.305 e. The average molecular weight is 808 g/mol. The Balaban J connectivity index is 4.09. The van der Waals surface area contributed by atoms with E-state index in [0.717, 1.165) is 64.6 Å². The molecule has 340 valence electrons. The zero-order valence-electron chi connectivity index (χ0n) is 39.3. The summed E-state index contributed by atoms with van der Waals surface area (Å²) in [6.07, 6.45) is 43.1. The molecule has 6 heteroatoms. The van der Waals surface area contributed by atoms with E-state index >= 15 is 0 Å². The quantitative estimate of drug-likeness (QED) is 0.0488. The Labute approximate surface area is 356 Å². The van der Waals surface area contributed by atoms with Crippen LogP contribution in [-0.4, -0.2) is 61.4 Å². The molecule has 0 aliphatic carbocycles. The van der Waals surface area contributed by atoms with Crippen LogP contribution in [0.4, 0.5) is 0 Å². The van der Waals surface area contributed by atoms with Gasteiger partial charge in [-0.2, -0.15) is 0 Å². The zero-order valence-corrected chi connectivity index (χ0v) is 39.3. The SMILES string of the molecule is CCCCCCCCCCCC(=O)OCC(C)(C)CCCCCN(CCCO)CCCCCCCCC(=O)OCC(CCCCCCCC)CCCCCCCC. The van der Waals surface area contributed by atoms with Gasteiger partial charge in [-0.1, -0.05) is 202 Å². The number of hydrogen-bond acceptors (Lipinski definition) is 6. The third-order valence-electron chi connectivity index (χ3n) is 12.1. The van der Waals surface area contributed by atoms with Gasteiger partial charge < -0.3 is 19.5 Å². The van der Waals surface area contributed by atoms with Crippen LogP contribution in [-0.2, 0) is 19.1 Å². The van der Waals surface area contributed by atoms with E-state index in [-0.39, 0.29) is 24.0 Å². The van der Waals surface area contributed by atoms with Crippen LogP contribution in [0.5, 0.6) is 0 Å². The van der Waals surface area contributed by atoms with Crippen LogP contribution in [0.2, 0.25) is 0 Å². The Morgan fingerprint density at radius 1 is 0.474 bits per heavy atom. The van der Waals surface area contributed by atoms with Crippen molar-refractivity contribution in [2.45, 2.75) is 266 Å². The molecule has 0 aromatic heterocycles. The fraction of sp³-hybridized carbons (Fsp3) is 0.961. The van der Waals surface area contributed by atoms with Gasteiger partial charge in [0.05, 0.1) is 13.2 Å². The lowest BCUT2D eigenvalue weighted by Crippen LogP contribution is -2.28. The van der Waals surface area contributed by atoms with E-state index < -0.39 is 0 Å². The van der Waals surface area contributed by atoms with Crippen molar-refractivity contribution in [1.82, 2.24) is 4.90 Å². The Bertz CT molecular complexity index is 831. The van der Waals surface area contributed by atoms with E-state index in [1.54, 1.807) is 0 Å². The van der Waals surface area contributed by atoms with Crippen LogP contribution in [0.1, 0.15) is 266 Å². The highest BCUT2D eigenvalue weighted by Gasteiger charge is 2.20. The minimum absolute atomic E-state index is 0.0111. The molecule has 6 nitrogen and oxygen atoms in total. The molecule has 0 rings (SSSR count). The van der Waals surface area contributed by atoms with Gasteiger partial charge in [0.25, 0.3) is 0 Å². The lowest BCUT2D eigenvalue weighted by molar-refractivity contribution is -0.147. The molecule has 0 saturated carbocycles. The smallest absolute Gasteiger partial charge is 0.305 e. The highest BCUT2D eigenvalue weighted by molar-refractivity contribution is 5.69. The third kappa shape index (κ3) is 41.4. The minimum atomic E-state index is -0.0262. The number of nitrogens with zero attached hydrogens (tertiary/aromatic N) is 1. The van der Waals surface area contributed by atoms with Crippen LogP contribution in [0.15, 0.2) is 0 Å². The van der Waals surface area contributed by atoms with Gasteiger partial charge in [-0.3, -0.25) is 9.59 Å². The fourth-order valence-electron chi connectivity index (χ4n) is 8.08. The van der Waals surface area contributed by atoms with Crippen molar-refractivity contribution in [3.05, 3.63) is 0 Å². The molecule has 0 heterocycles. The molecular formula is C51H101NO5. The molecule has 0 saturated heterocycles. The van der Waals surface area contributed by atoms with Crippen LogP contribution < -0.4 is 0 Å². The van der Waals surface area contributed by atoms with Crippen molar-refractivity contribution in [2.75, 3.05) is 39.5 Å². The van der Waals surface area contributed by atoms with E-state index in [4.69, 9.17) is 9.47 Å². The van der Waals surface area contributed by atoms with Crippen molar-refractivity contribution in [1.29, 1.82) is 0 Å². The summed E-state index contributed by atoms with van der Waals surface area (Å²) in [5.74, 6) is 0.524. The van der Waals surface area contributed by atoms with Crippen molar-refractivity contribution in [2.24, 2.45) is 11.3 Å². The summed E-state index contributed by atoms with van der Waals surface area (Å²) in [5, 5.41) is 9.45. The van der Waals surface area contributed by atoms with Gasteiger partial charge in [-0.25, -0.2) is 0 Å². The van der Waals surface area contributed by atoms with E-state index in [2.05, 4.69) is 39.5 Å². The van der Waals surface area contributed by atoms with Gasteiger partial charge in [-0.05, 0) is 75.8 Å². The minimum Gasteiger partial charge on any atom is -0.465 e. The summed E-state index contributed by atoms with van der Waals surface area (Å²) in [6, 6.07) is 0. The summed E-state index contributed by atoms with van der Waals surface area (Å²) >= 11 is 0. The first-order valence-electron chi connectivity index (χ1n) is 25.4. The highest BCUT2D eigenvalue weighted by atomic mass is 16.5. The molecule has 0 spiro atoms. The highest BCUT2D eigenvalue weighted by Crippen LogP contribution is 2.25. The summed E-state index contributed by atoms with van der Waals surface area (Å²) in [7, 11) is 0. The van der Waals surface area contributed by atoms with Gasteiger partial charge in [-0.15, -0.1) is 0 Å². The molecule has 0 aromatic carbocycles. The van der Waals surface area contributed by atoms with Gasteiger partial charge in [0, 0.05) is 26.0 Å². The first kappa shape index (κ1) is 55.9. The zero-order chi connectivity index (χ0) is 41.9. The number of aliphatic hydroxyl groups is 1. The average Bonchev–Trinajstić information content (AvgIpc) is 3.20. The van der Waals surface area contributed by atoms with Gasteiger partial charge in [0.2, 0.25) is 0 Å². The Kier molecular flexibility index (Phi) is 42.1. The summed E-state index contributed by atoms with van der Waals surface area (Å²) < 4.78 is 11.5. The summed E-state index contributed by atoms with van der Waals surface area (Å²) in [4.78, 5) is 27.4. The monoisotopic (exact) mass is 808 g/mol. The molecule has 0 aliphatic heterocycles. The van der Waals surface area contributed by atoms with Crippen LogP contribution in [0, 0.1) is 11.3 Å². The normalized spacial score (nSPS) is 11.9. The maximum atomic E-state index is 12.6. The summed E-state index contributed by atoms with van der Waals surface area (Å²) in [5.41, 5.74) is 0.0218. The largest absolute Gasteiger partial charge is 0.465 e. The maximum absolute atomic E-state index is 12.6. The number of aliphatic hydroxyl groups excluding tert-OH is 1. The number of carbonyl (C=O) groups is 2. The second-order valence-electron chi connectivity index (χ2n) is 18.7. The molecule has 0 bridgehead atoms. The van der Waals surface area contributed by atoms with Crippen molar-refractivity contribution in [3.8, 4) is 0 Å². The predicted molar refractivity (Wildman–Crippen MR) is 246 cm³/mol. The standard InChI is InChI=1S/C51H101NO5/c1-6-9-12-15-18-19-20-25-32-40-50(55)57-47-51(4,5)41-33-28-35-43-52(44-36-45-53)42-34-27-22-21-26-31-39-49(54)56-46-48(37-29-23-16-13-10-7-2)38-30-24-17-14-11-8-3/h48,53H,6-47H2,1-5H3. The molecule has 0 radical (unpaired) electrons. The van der Waals surface area contributed by atoms with E-state index in [1.807, 2.05) is 0 Å². The van der Waals surface area contributed by atoms with Crippen LogP contribution in [0.25, 0.3) is 0 Å². The molecule has 1 N–H and O–H groups in total. The molecule has 0 aliphatic rings. The number of rotatable bonds is 46. The Morgan fingerprint density at radius 3 is 1.30 bits per heavy atom. The third-order valence-corrected chi connectivity index (χ3v) is 12.1. The molecule has 0 unspecified atom stereocenters. The molecule has 57 heavy (non-hydrogen) atoms. The number of hydrogen-bond donors (Lipinski definition) is 1. The van der Waals surface area contributed by atoms with Gasteiger partial charge in [0.15, 0.2) is 0 Å². The van der Waals surface area contributed by atoms with E-state index in [0.29, 0.717) is 32.0 Å². The van der Waals surface area contributed by atoms with Crippen molar-refractivity contribution in [3.63, 3.8) is 0 Å². The van der Waals surface area contributed by atoms with Crippen molar-refractivity contribution >= 4 is 11.9 Å². The predicted octanol–water partition coefficient (Wildman–Crippen LogP) is 15.1. The van der Waals surface area contributed by atoms with Gasteiger partial charge in [0.1, 0.15) is 0 Å². The molecule has 0 aromatic rings. The second kappa shape index (κ2) is 43.0. The van der Waals surface area contributed by atoms with Crippen LogP contribution in [0.3, 0.4) is 0 Å². The first-order valence-corrected chi connectivity index (χ1v) is 25.4. The molecule has 0 atom stereocenters. The first-order chi connectivity index (χ1) is 27.8. The second-order valence-corrected chi connectivity index (χ2v) is 18.7. The molecule has 0 amide bonds. The topological polar surface area (TPSA) is 76.1 Å². The van der Waals surface area contributed by atoms with Crippen molar-refractivity contribution < 1.29 is 24.2 Å². The van der Waals surface area contributed by atoms with Crippen LogP contribution >= 0.6 is 0 Å². The fourth-order valence-corrected chi connectivity index (χ4v) is 8.08. The number of carbonyl (C=O) groups excluding carboxylic acids is 2. The Hall–Kier alpha value is -1.14. The number of ether oxygens (including phenoxy) is 2. The number of unbranched alkanes of at least 4 members (excludes halogenated alkanes) is 25. The molecule has 0 fully saturated rings. The lowest BCUT2D eigenvalue weighted by atomic mass is 9.88. The van der Waals surface area contributed by atoms with Gasteiger partial charge >= 0.3 is 11.9 Å². The summed E-state index contributed by atoms with van der Waals surface area (Å²) in [6.45, 7) is 15.8. The van der Waals surface area contributed by atoms with E-state index in [9.17, 15) is 14.7 Å². The van der Waals surface area contributed by atoms with E-state index in [1.165, 1.54) is 173 Å². The molecular weight excluding hydrogens is 707 g/mol. The lowest BCUT2D eigenvalue weighted by Gasteiger charge is -2.25. The number of esters is 2. The Morgan fingerprint density at radius 2 is 0.842 bits per heavy atom.